The maximum Gasteiger partial charge on any atom is 0.331 e. The molecular formula is C31H39NO11. The number of allylic oxidation sites excluding steroid dienone is 3. The Hall–Kier alpha value is -3.51. The number of esters is 3. The Labute approximate surface area is 249 Å². The molecule has 0 aromatic heterocycles. The molecule has 0 aromatic rings. The molecule has 5 rings (SSSR count). The van der Waals surface area contributed by atoms with E-state index in [1.165, 1.54) is 18.2 Å². The average Bonchev–Trinajstić information content (AvgIpc) is 3.74. The SMILES string of the molecule is CC1=C[C@H]2O[C@@H]3C[C@H]4OC(=O)/C=C\C=C\C(=O)OCC[C@@H](C)[C@@H](NC(=O)CCC(=O)O)C(=O)OC[C@@]2(CC1)[C@]4(C)[C@]31CO1. The van der Waals surface area contributed by atoms with Crippen molar-refractivity contribution in [3.63, 3.8) is 0 Å². The Bertz CT molecular complexity index is 1270. The van der Waals surface area contributed by atoms with Gasteiger partial charge in [0.2, 0.25) is 5.91 Å². The van der Waals surface area contributed by atoms with Crippen molar-refractivity contribution in [1.82, 2.24) is 5.32 Å². The third kappa shape index (κ3) is 5.62. The molecule has 2 N–H and O–H groups in total. The molecule has 3 heterocycles. The van der Waals surface area contributed by atoms with Crippen LogP contribution in [0.4, 0.5) is 0 Å². The van der Waals surface area contributed by atoms with Gasteiger partial charge in [0.05, 0.1) is 37.3 Å². The van der Waals surface area contributed by atoms with Gasteiger partial charge in [0.15, 0.2) is 0 Å². The molecule has 0 unspecified atom stereocenters. The summed E-state index contributed by atoms with van der Waals surface area (Å²) in [5.74, 6) is -4.19. The molecule has 2 saturated heterocycles. The molecule has 234 valence electrons. The highest BCUT2D eigenvalue weighted by atomic mass is 16.6. The highest BCUT2D eigenvalue weighted by Crippen LogP contribution is 2.72. The van der Waals surface area contributed by atoms with Crippen molar-refractivity contribution in [3.05, 3.63) is 36.0 Å². The number of nitrogens with one attached hydrogen (secondary N) is 1. The van der Waals surface area contributed by atoms with Gasteiger partial charge in [-0.2, -0.15) is 0 Å². The number of hydrogen-bond acceptors (Lipinski definition) is 10. The number of rotatable bonds is 4. The summed E-state index contributed by atoms with van der Waals surface area (Å²) in [6.07, 6.45) is 7.15. The number of ether oxygens (including phenoxy) is 5. The summed E-state index contributed by atoms with van der Waals surface area (Å²) in [6.45, 7) is 6.07. The minimum atomic E-state index is -1.14. The molecule has 5 aliphatic rings. The molecule has 2 spiro atoms. The molecule has 2 aliphatic carbocycles. The standard InChI is InChI=1S/C31H39NO11/c1-18-10-12-30-16-40-28(38)27(32-23(33)8-9-24(34)35)19(2)11-13-39-25(36)6-4-5-7-26(37)43-20-15-22(42-21(30)14-18)31(17-41-31)29(20,30)3/h4-7,14,19-22,27H,8-13,15-17H2,1-3H3,(H,32,33)(H,34,35)/b6-4+,7-5-/t19-,20-,21-,22-,27-,29-,30-,31+/m1/s1. The van der Waals surface area contributed by atoms with Gasteiger partial charge in [-0.3, -0.25) is 9.59 Å². The van der Waals surface area contributed by atoms with E-state index in [2.05, 4.69) is 11.4 Å². The van der Waals surface area contributed by atoms with Crippen LogP contribution in [-0.4, -0.2) is 84.7 Å². The fraction of sp³-hybridized carbons (Fsp3) is 0.645. The molecule has 12 heteroatoms. The zero-order valence-electron chi connectivity index (χ0n) is 24.7. The monoisotopic (exact) mass is 601 g/mol. The summed E-state index contributed by atoms with van der Waals surface area (Å²) >= 11 is 0. The molecule has 0 aromatic carbocycles. The quantitative estimate of drug-likeness (QED) is 0.210. The van der Waals surface area contributed by atoms with E-state index >= 15 is 0 Å². The van der Waals surface area contributed by atoms with E-state index in [0.29, 0.717) is 19.4 Å². The predicted octanol–water partition coefficient (Wildman–Crippen LogP) is 2.16. The lowest BCUT2D eigenvalue weighted by molar-refractivity contribution is -0.233. The highest BCUT2D eigenvalue weighted by Gasteiger charge is 2.83. The Morgan fingerprint density at radius 3 is 2.47 bits per heavy atom. The van der Waals surface area contributed by atoms with Gasteiger partial charge < -0.3 is 34.1 Å². The number of amides is 1. The number of hydrogen-bond donors (Lipinski definition) is 2. The number of carboxylic acids is 1. The predicted molar refractivity (Wildman–Crippen MR) is 148 cm³/mol. The lowest BCUT2D eigenvalue weighted by atomic mass is 9.51. The Morgan fingerprint density at radius 1 is 1.05 bits per heavy atom. The third-order valence-corrected chi connectivity index (χ3v) is 10.0. The van der Waals surface area contributed by atoms with Crippen LogP contribution in [-0.2, 0) is 47.7 Å². The molecule has 3 fully saturated rings. The maximum atomic E-state index is 13.7. The van der Waals surface area contributed by atoms with Gasteiger partial charge in [0, 0.05) is 30.4 Å². The van der Waals surface area contributed by atoms with E-state index in [-0.39, 0.29) is 32.2 Å². The van der Waals surface area contributed by atoms with Crippen molar-refractivity contribution in [2.24, 2.45) is 16.7 Å². The molecule has 1 saturated carbocycles. The van der Waals surface area contributed by atoms with Crippen LogP contribution in [0.1, 0.15) is 59.3 Å². The first-order valence-electron chi connectivity index (χ1n) is 14.8. The van der Waals surface area contributed by atoms with Crippen LogP contribution in [0, 0.1) is 16.7 Å². The molecule has 43 heavy (non-hydrogen) atoms. The zero-order valence-corrected chi connectivity index (χ0v) is 24.7. The van der Waals surface area contributed by atoms with E-state index < -0.39 is 76.8 Å². The topological polar surface area (TPSA) is 167 Å². The van der Waals surface area contributed by atoms with Gasteiger partial charge in [-0.15, -0.1) is 0 Å². The van der Waals surface area contributed by atoms with Crippen molar-refractivity contribution in [3.8, 4) is 0 Å². The second-order valence-electron chi connectivity index (χ2n) is 12.5. The summed E-state index contributed by atoms with van der Waals surface area (Å²) in [5.41, 5.74) is -1.13. The first-order chi connectivity index (χ1) is 20.4. The van der Waals surface area contributed by atoms with Crippen LogP contribution in [0.2, 0.25) is 0 Å². The summed E-state index contributed by atoms with van der Waals surface area (Å²) in [6, 6.07) is -1.12. The average molecular weight is 602 g/mol. The number of carbonyl (C=O) groups is 5. The van der Waals surface area contributed by atoms with Crippen molar-refractivity contribution in [2.45, 2.75) is 89.3 Å². The van der Waals surface area contributed by atoms with Crippen LogP contribution in [0.5, 0.6) is 0 Å². The van der Waals surface area contributed by atoms with Crippen molar-refractivity contribution in [2.75, 3.05) is 19.8 Å². The van der Waals surface area contributed by atoms with Crippen LogP contribution in [0.3, 0.4) is 0 Å². The Balaban J connectivity index is 1.50. The molecule has 1 amide bonds. The normalized spacial score (nSPS) is 40.9. The minimum absolute atomic E-state index is 0.0458. The van der Waals surface area contributed by atoms with E-state index in [9.17, 15) is 24.0 Å². The minimum Gasteiger partial charge on any atom is -0.481 e. The van der Waals surface area contributed by atoms with Gasteiger partial charge in [0.25, 0.3) is 0 Å². The second kappa shape index (κ2) is 11.9. The molecule has 8 atom stereocenters. The number of epoxide rings is 1. The van der Waals surface area contributed by atoms with Crippen LogP contribution < -0.4 is 5.32 Å². The zero-order chi connectivity index (χ0) is 31.0. The summed E-state index contributed by atoms with van der Waals surface area (Å²) in [5, 5.41) is 11.6. The number of carbonyl (C=O) groups excluding carboxylic acids is 4. The smallest absolute Gasteiger partial charge is 0.331 e. The van der Waals surface area contributed by atoms with Crippen LogP contribution in [0.15, 0.2) is 36.0 Å². The van der Waals surface area contributed by atoms with Gasteiger partial charge in [-0.05, 0) is 32.1 Å². The molecular weight excluding hydrogens is 562 g/mol. The lowest BCUT2D eigenvalue weighted by Crippen LogP contribution is -2.67. The molecule has 0 radical (unpaired) electrons. The van der Waals surface area contributed by atoms with Crippen molar-refractivity contribution >= 4 is 29.8 Å². The van der Waals surface area contributed by atoms with E-state index in [4.69, 9.17) is 28.8 Å². The van der Waals surface area contributed by atoms with E-state index in [0.717, 1.165) is 18.1 Å². The number of carboxylic acid groups (broad SMARTS) is 1. The molecule has 12 nitrogen and oxygen atoms in total. The highest BCUT2D eigenvalue weighted by molar-refractivity contribution is 5.86. The van der Waals surface area contributed by atoms with Crippen LogP contribution >= 0.6 is 0 Å². The fourth-order valence-electron chi connectivity index (χ4n) is 7.33. The first-order valence-corrected chi connectivity index (χ1v) is 14.8. The Morgan fingerprint density at radius 2 is 1.77 bits per heavy atom. The maximum absolute atomic E-state index is 13.7. The van der Waals surface area contributed by atoms with Crippen molar-refractivity contribution < 1.29 is 52.8 Å². The van der Waals surface area contributed by atoms with E-state index in [1.807, 2.05) is 13.8 Å². The third-order valence-electron chi connectivity index (χ3n) is 10.0. The largest absolute Gasteiger partial charge is 0.481 e. The van der Waals surface area contributed by atoms with Gasteiger partial charge in [-0.25, -0.2) is 14.4 Å². The molecule has 2 bridgehead atoms. The number of cyclic esters (lactones) is 2. The van der Waals surface area contributed by atoms with Gasteiger partial charge >= 0.3 is 23.9 Å². The van der Waals surface area contributed by atoms with Crippen LogP contribution in [0.25, 0.3) is 0 Å². The molecule has 3 aliphatic heterocycles. The van der Waals surface area contributed by atoms with Gasteiger partial charge in [-0.1, -0.05) is 37.6 Å². The van der Waals surface area contributed by atoms with Crippen molar-refractivity contribution in [1.29, 1.82) is 0 Å². The first kappa shape index (κ1) is 30.9. The summed E-state index contributed by atoms with van der Waals surface area (Å²) in [7, 11) is 0. The number of aliphatic carboxylic acids is 1. The van der Waals surface area contributed by atoms with E-state index in [1.54, 1.807) is 6.92 Å². The summed E-state index contributed by atoms with van der Waals surface area (Å²) in [4.78, 5) is 62.4. The lowest BCUT2D eigenvalue weighted by Gasteiger charge is -2.58. The fourth-order valence-corrected chi connectivity index (χ4v) is 7.33. The Kier molecular flexibility index (Phi) is 8.54. The second-order valence-corrected chi connectivity index (χ2v) is 12.5. The van der Waals surface area contributed by atoms with Gasteiger partial charge in [0.1, 0.15) is 24.4 Å². The summed E-state index contributed by atoms with van der Waals surface area (Å²) < 4.78 is 30.1.